The van der Waals surface area contributed by atoms with E-state index in [1.165, 1.54) is 9.80 Å². The normalized spacial score (nSPS) is 30.2. The minimum absolute atomic E-state index is 0.306. The predicted octanol–water partition coefficient (Wildman–Crippen LogP) is -0.599. The van der Waals surface area contributed by atoms with Gasteiger partial charge in [-0.15, -0.1) is 0 Å². The lowest BCUT2D eigenvalue weighted by Crippen LogP contribution is -2.36. The van der Waals surface area contributed by atoms with Gasteiger partial charge in [0, 0.05) is 13.1 Å². The Morgan fingerprint density at radius 2 is 1.50 bits per heavy atom. The van der Waals surface area contributed by atoms with Gasteiger partial charge < -0.3 is 10.2 Å². The van der Waals surface area contributed by atoms with Crippen LogP contribution in [-0.2, 0) is 0 Å². The van der Waals surface area contributed by atoms with Gasteiger partial charge in [-0.25, -0.2) is 4.79 Å². The number of amides is 2. The van der Waals surface area contributed by atoms with E-state index in [0.717, 1.165) is 0 Å². The van der Waals surface area contributed by atoms with E-state index in [4.69, 9.17) is 0 Å². The van der Waals surface area contributed by atoms with Crippen LogP contribution in [0, 0.1) is 0 Å². The first-order valence-corrected chi connectivity index (χ1v) is 4.06. The molecule has 1 heterocycles. The van der Waals surface area contributed by atoms with Crippen LogP contribution in [0.25, 0.3) is 0 Å². The van der Waals surface area contributed by atoms with Crippen molar-refractivity contribution in [1.82, 2.24) is 9.80 Å². The molecule has 12 heavy (non-hydrogen) atoms. The molecular weight excluding hydrogens is 160 g/mol. The van der Waals surface area contributed by atoms with Gasteiger partial charge >= 0.3 is 6.03 Å². The lowest BCUT2D eigenvalue weighted by molar-refractivity contribution is -0.0639. The minimum Gasteiger partial charge on any atom is -0.369 e. The standard InChI is InChI=1S/C7H14N2O3/c1-3-8-5(10)6(11)9(4-2)7(8)12/h5-6,10-11H,3-4H2,1-2H3. The van der Waals surface area contributed by atoms with Crippen LogP contribution in [-0.4, -0.2) is 51.6 Å². The Hall–Kier alpha value is -0.810. The Labute approximate surface area is 71.2 Å². The molecule has 0 bridgehead atoms. The largest absolute Gasteiger partial charge is 0.369 e. The molecular formula is C7H14N2O3. The van der Waals surface area contributed by atoms with Crippen LogP contribution in [0.1, 0.15) is 13.8 Å². The molecule has 2 N–H and O–H groups in total. The first-order chi connectivity index (χ1) is 5.63. The number of rotatable bonds is 2. The number of hydrogen-bond donors (Lipinski definition) is 2. The summed E-state index contributed by atoms with van der Waals surface area (Å²) in [5.74, 6) is 0. The van der Waals surface area contributed by atoms with E-state index in [-0.39, 0.29) is 6.03 Å². The fraction of sp³-hybridized carbons (Fsp3) is 0.857. The number of aliphatic hydroxyl groups is 2. The molecule has 0 spiro atoms. The van der Waals surface area contributed by atoms with Crippen LogP contribution in [0.15, 0.2) is 0 Å². The summed E-state index contributed by atoms with van der Waals surface area (Å²) in [4.78, 5) is 13.8. The minimum atomic E-state index is -1.08. The van der Waals surface area contributed by atoms with Gasteiger partial charge in [-0.1, -0.05) is 0 Å². The van der Waals surface area contributed by atoms with E-state index in [2.05, 4.69) is 0 Å². The third-order valence-electron chi connectivity index (χ3n) is 2.08. The van der Waals surface area contributed by atoms with Crippen LogP contribution in [0.5, 0.6) is 0 Å². The molecule has 70 valence electrons. The van der Waals surface area contributed by atoms with E-state index in [0.29, 0.717) is 13.1 Å². The molecule has 0 aromatic carbocycles. The van der Waals surface area contributed by atoms with Crippen molar-refractivity contribution >= 4 is 6.03 Å². The van der Waals surface area contributed by atoms with Crippen molar-refractivity contribution < 1.29 is 15.0 Å². The van der Waals surface area contributed by atoms with Crippen LogP contribution in [0.3, 0.4) is 0 Å². The van der Waals surface area contributed by atoms with Crippen LogP contribution >= 0.6 is 0 Å². The molecule has 2 amide bonds. The molecule has 1 fully saturated rings. The molecule has 1 aliphatic rings. The van der Waals surface area contributed by atoms with Crippen molar-refractivity contribution in [2.75, 3.05) is 13.1 Å². The molecule has 1 saturated heterocycles. The molecule has 5 nitrogen and oxygen atoms in total. The topological polar surface area (TPSA) is 64.0 Å². The molecule has 2 atom stereocenters. The zero-order valence-corrected chi connectivity index (χ0v) is 7.27. The predicted molar refractivity (Wildman–Crippen MR) is 42.2 cm³/mol. The van der Waals surface area contributed by atoms with Gasteiger partial charge in [0.15, 0.2) is 12.5 Å². The van der Waals surface area contributed by atoms with Gasteiger partial charge in [0.2, 0.25) is 0 Å². The highest BCUT2D eigenvalue weighted by Crippen LogP contribution is 2.18. The third-order valence-corrected chi connectivity index (χ3v) is 2.08. The summed E-state index contributed by atoms with van der Waals surface area (Å²) < 4.78 is 0. The Kier molecular flexibility index (Phi) is 2.54. The highest BCUT2D eigenvalue weighted by molar-refractivity contribution is 5.77. The smallest absolute Gasteiger partial charge is 0.324 e. The summed E-state index contributed by atoms with van der Waals surface area (Å²) in [6, 6.07) is -0.306. The van der Waals surface area contributed by atoms with Gasteiger partial charge in [-0.3, -0.25) is 9.80 Å². The summed E-state index contributed by atoms with van der Waals surface area (Å²) in [7, 11) is 0. The van der Waals surface area contributed by atoms with E-state index in [9.17, 15) is 15.0 Å². The molecule has 2 unspecified atom stereocenters. The van der Waals surface area contributed by atoms with Crippen molar-refractivity contribution in [1.29, 1.82) is 0 Å². The molecule has 5 heteroatoms. The molecule has 1 aliphatic heterocycles. The average Bonchev–Trinajstić information content (AvgIpc) is 2.25. The SMILES string of the molecule is CCN1C(=O)N(CC)C(O)C1O. The molecule has 0 radical (unpaired) electrons. The number of carbonyl (C=O) groups excluding carboxylic acids is 1. The maximum Gasteiger partial charge on any atom is 0.324 e. The van der Waals surface area contributed by atoms with Crippen molar-refractivity contribution in [3.63, 3.8) is 0 Å². The van der Waals surface area contributed by atoms with Gasteiger partial charge in [0.05, 0.1) is 0 Å². The van der Waals surface area contributed by atoms with Crippen LogP contribution in [0.2, 0.25) is 0 Å². The highest BCUT2D eigenvalue weighted by atomic mass is 16.4. The van der Waals surface area contributed by atoms with E-state index >= 15 is 0 Å². The third kappa shape index (κ3) is 1.15. The van der Waals surface area contributed by atoms with Crippen molar-refractivity contribution in [3.8, 4) is 0 Å². The second kappa shape index (κ2) is 3.28. The fourth-order valence-electron chi connectivity index (χ4n) is 1.36. The Morgan fingerprint density at radius 3 is 1.67 bits per heavy atom. The number of urea groups is 1. The van der Waals surface area contributed by atoms with Gasteiger partial charge in [0.25, 0.3) is 0 Å². The maximum atomic E-state index is 11.3. The first kappa shape index (κ1) is 9.28. The van der Waals surface area contributed by atoms with Gasteiger partial charge in [-0.2, -0.15) is 0 Å². The average molecular weight is 174 g/mol. The highest BCUT2D eigenvalue weighted by Gasteiger charge is 2.41. The second-order valence-corrected chi connectivity index (χ2v) is 2.68. The second-order valence-electron chi connectivity index (χ2n) is 2.68. The number of carbonyl (C=O) groups is 1. The Morgan fingerprint density at radius 1 is 1.17 bits per heavy atom. The number of likely N-dealkylation sites (N-methyl/N-ethyl adjacent to an activating group) is 2. The lowest BCUT2D eigenvalue weighted by Gasteiger charge is -2.16. The first-order valence-electron chi connectivity index (χ1n) is 4.06. The number of nitrogens with zero attached hydrogens (tertiary/aromatic N) is 2. The molecule has 0 aliphatic carbocycles. The van der Waals surface area contributed by atoms with Crippen molar-refractivity contribution in [2.45, 2.75) is 26.3 Å². The Balaban J connectivity index is 2.78. The quantitative estimate of drug-likeness (QED) is 0.587. The van der Waals surface area contributed by atoms with E-state index in [1.54, 1.807) is 13.8 Å². The Bertz CT molecular complexity index is 167. The van der Waals surface area contributed by atoms with E-state index < -0.39 is 12.5 Å². The maximum absolute atomic E-state index is 11.3. The molecule has 1 rings (SSSR count). The zero-order valence-electron chi connectivity index (χ0n) is 7.27. The van der Waals surface area contributed by atoms with Crippen molar-refractivity contribution in [3.05, 3.63) is 0 Å². The van der Waals surface area contributed by atoms with Gasteiger partial charge in [-0.05, 0) is 13.8 Å². The summed E-state index contributed by atoms with van der Waals surface area (Å²) >= 11 is 0. The summed E-state index contributed by atoms with van der Waals surface area (Å²) in [5, 5.41) is 18.7. The molecule has 0 aromatic rings. The fourth-order valence-corrected chi connectivity index (χ4v) is 1.36. The number of aliphatic hydroxyl groups excluding tert-OH is 2. The summed E-state index contributed by atoms with van der Waals surface area (Å²) in [5.41, 5.74) is 0. The molecule has 0 saturated carbocycles. The lowest BCUT2D eigenvalue weighted by atomic mass is 10.4. The summed E-state index contributed by atoms with van der Waals surface area (Å²) in [6.07, 6.45) is -2.16. The number of hydrogen-bond acceptors (Lipinski definition) is 3. The molecule has 0 aromatic heterocycles. The van der Waals surface area contributed by atoms with Crippen LogP contribution < -0.4 is 0 Å². The monoisotopic (exact) mass is 174 g/mol. The summed E-state index contributed by atoms with van der Waals surface area (Å²) in [6.45, 7) is 4.33. The van der Waals surface area contributed by atoms with Crippen LogP contribution in [0.4, 0.5) is 4.79 Å². The van der Waals surface area contributed by atoms with Gasteiger partial charge in [0.1, 0.15) is 0 Å². The van der Waals surface area contributed by atoms with Crippen molar-refractivity contribution in [2.24, 2.45) is 0 Å². The van der Waals surface area contributed by atoms with E-state index in [1.807, 2.05) is 0 Å². The zero-order chi connectivity index (χ0) is 9.30.